The fourth-order valence-corrected chi connectivity index (χ4v) is 3.23. The topological polar surface area (TPSA) is 41.7 Å². The lowest BCUT2D eigenvalue weighted by atomic mass is 9.95. The van der Waals surface area contributed by atoms with Crippen LogP contribution in [0.5, 0.6) is 0 Å². The Balaban J connectivity index is 2.04. The van der Waals surface area contributed by atoms with Crippen LogP contribution in [0.3, 0.4) is 0 Å². The highest BCUT2D eigenvalue weighted by Crippen LogP contribution is 2.37. The van der Waals surface area contributed by atoms with Crippen LogP contribution in [-0.4, -0.2) is 67.3 Å². The van der Waals surface area contributed by atoms with Gasteiger partial charge in [-0.15, -0.1) is 0 Å². The van der Waals surface area contributed by atoms with Crippen molar-refractivity contribution in [3.8, 4) is 0 Å². The molecular weight excluding hydrogens is 226 g/mol. The summed E-state index contributed by atoms with van der Waals surface area (Å²) in [5, 5.41) is 0. The van der Waals surface area contributed by atoms with Gasteiger partial charge < -0.3 is 10.5 Å². The molecule has 1 aliphatic heterocycles. The maximum absolute atomic E-state index is 6.16. The van der Waals surface area contributed by atoms with E-state index < -0.39 is 0 Å². The summed E-state index contributed by atoms with van der Waals surface area (Å²) >= 11 is 0. The Morgan fingerprint density at radius 2 is 2.17 bits per heavy atom. The van der Waals surface area contributed by atoms with E-state index in [2.05, 4.69) is 23.6 Å². The molecule has 2 fully saturated rings. The van der Waals surface area contributed by atoms with Gasteiger partial charge in [-0.25, -0.2) is 0 Å². The summed E-state index contributed by atoms with van der Waals surface area (Å²) in [4.78, 5) is 5.22. The Morgan fingerprint density at radius 1 is 1.44 bits per heavy atom. The Morgan fingerprint density at radius 3 is 2.61 bits per heavy atom. The highest BCUT2D eigenvalue weighted by Gasteiger charge is 2.47. The fourth-order valence-electron chi connectivity index (χ4n) is 3.23. The van der Waals surface area contributed by atoms with Gasteiger partial charge in [0.2, 0.25) is 0 Å². The molecule has 1 saturated carbocycles. The zero-order valence-corrected chi connectivity index (χ0v) is 12.2. The van der Waals surface area contributed by atoms with Crippen LogP contribution in [-0.2, 0) is 4.74 Å². The molecule has 1 heterocycles. The van der Waals surface area contributed by atoms with Gasteiger partial charge in [-0.05, 0) is 33.1 Å². The summed E-state index contributed by atoms with van der Waals surface area (Å²) in [6, 6.07) is 1.39. The van der Waals surface area contributed by atoms with Gasteiger partial charge >= 0.3 is 0 Å². The summed E-state index contributed by atoms with van der Waals surface area (Å²) in [5.41, 5.74) is 6.36. The lowest BCUT2D eigenvalue weighted by Crippen LogP contribution is -2.57. The molecule has 2 aliphatic rings. The Hall–Kier alpha value is -0.160. The molecule has 2 rings (SSSR count). The standard InChI is InChI=1S/C14H29N3O/c1-12(2)16-7-6-14(10-15,11-16)17(8-9-18-3)13-4-5-13/h12-13H,4-11,15H2,1-3H3. The molecule has 0 radical (unpaired) electrons. The molecule has 0 amide bonds. The minimum Gasteiger partial charge on any atom is -0.383 e. The van der Waals surface area contributed by atoms with Crippen LogP contribution in [0, 0.1) is 0 Å². The predicted molar refractivity (Wildman–Crippen MR) is 74.7 cm³/mol. The van der Waals surface area contributed by atoms with Gasteiger partial charge in [-0.3, -0.25) is 9.80 Å². The van der Waals surface area contributed by atoms with Crippen molar-refractivity contribution >= 4 is 0 Å². The number of nitrogens with zero attached hydrogens (tertiary/aromatic N) is 2. The fraction of sp³-hybridized carbons (Fsp3) is 1.00. The molecule has 2 N–H and O–H groups in total. The molecule has 0 aromatic rings. The third-order valence-electron chi connectivity index (χ3n) is 4.61. The number of likely N-dealkylation sites (tertiary alicyclic amines) is 1. The summed E-state index contributed by atoms with van der Waals surface area (Å²) in [7, 11) is 1.79. The highest BCUT2D eigenvalue weighted by atomic mass is 16.5. The minimum atomic E-state index is 0.198. The van der Waals surface area contributed by atoms with Crippen molar-refractivity contribution in [2.45, 2.75) is 50.7 Å². The summed E-state index contributed by atoms with van der Waals surface area (Å²) in [5.74, 6) is 0. The first kappa shape index (κ1) is 14.3. The van der Waals surface area contributed by atoms with E-state index in [9.17, 15) is 0 Å². The Labute approximate surface area is 111 Å². The van der Waals surface area contributed by atoms with E-state index >= 15 is 0 Å². The lowest BCUT2D eigenvalue weighted by molar-refractivity contribution is 0.0545. The number of hydrogen-bond donors (Lipinski definition) is 1. The molecule has 106 valence electrons. The van der Waals surface area contributed by atoms with Crippen molar-refractivity contribution in [3.63, 3.8) is 0 Å². The largest absolute Gasteiger partial charge is 0.383 e. The van der Waals surface area contributed by atoms with Crippen LogP contribution in [0.25, 0.3) is 0 Å². The van der Waals surface area contributed by atoms with Crippen molar-refractivity contribution in [2.24, 2.45) is 5.73 Å². The molecule has 0 aromatic heterocycles. The number of nitrogens with two attached hydrogens (primary N) is 1. The number of ether oxygens (including phenoxy) is 1. The second-order valence-electron chi connectivity index (χ2n) is 6.16. The molecule has 4 nitrogen and oxygen atoms in total. The average molecular weight is 255 g/mol. The Kier molecular flexibility index (Phi) is 4.64. The van der Waals surface area contributed by atoms with Crippen LogP contribution in [0.4, 0.5) is 0 Å². The normalized spacial score (nSPS) is 29.7. The first-order valence-electron chi connectivity index (χ1n) is 7.33. The van der Waals surface area contributed by atoms with E-state index in [0.717, 1.165) is 32.3 Å². The molecule has 1 aliphatic carbocycles. The number of hydrogen-bond acceptors (Lipinski definition) is 4. The predicted octanol–water partition coefficient (Wildman–Crippen LogP) is 0.909. The van der Waals surface area contributed by atoms with Crippen molar-refractivity contribution < 1.29 is 4.74 Å². The van der Waals surface area contributed by atoms with E-state index in [1.54, 1.807) is 7.11 Å². The van der Waals surface area contributed by atoms with Crippen LogP contribution < -0.4 is 5.73 Å². The monoisotopic (exact) mass is 255 g/mol. The van der Waals surface area contributed by atoms with Gasteiger partial charge in [-0.2, -0.15) is 0 Å². The van der Waals surface area contributed by atoms with Crippen LogP contribution >= 0.6 is 0 Å². The van der Waals surface area contributed by atoms with Crippen LogP contribution in [0.15, 0.2) is 0 Å². The van der Waals surface area contributed by atoms with Crippen molar-refractivity contribution in [2.75, 3.05) is 39.9 Å². The SMILES string of the molecule is COCCN(C1CC1)C1(CN)CCN(C(C)C)C1. The second kappa shape index (κ2) is 5.87. The van der Waals surface area contributed by atoms with Gasteiger partial charge in [0, 0.05) is 50.9 Å². The zero-order chi connectivity index (χ0) is 13.2. The average Bonchev–Trinajstić information content (AvgIpc) is 3.08. The quantitative estimate of drug-likeness (QED) is 0.734. The molecule has 1 atom stereocenters. The van der Waals surface area contributed by atoms with Crippen LogP contribution in [0.1, 0.15) is 33.1 Å². The van der Waals surface area contributed by atoms with Gasteiger partial charge in [0.1, 0.15) is 0 Å². The van der Waals surface area contributed by atoms with E-state index in [4.69, 9.17) is 10.5 Å². The smallest absolute Gasteiger partial charge is 0.0590 e. The van der Waals surface area contributed by atoms with Crippen molar-refractivity contribution in [1.82, 2.24) is 9.80 Å². The summed E-state index contributed by atoms with van der Waals surface area (Å²) in [6.45, 7) is 9.50. The molecule has 0 bridgehead atoms. The lowest BCUT2D eigenvalue weighted by Gasteiger charge is -2.41. The first-order valence-corrected chi connectivity index (χ1v) is 7.33. The van der Waals surface area contributed by atoms with Gasteiger partial charge in [0.15, 0.2) is 0 Å². The second-order valence-corrected chi connectivity index (χ2v) is 6.16. The molecule has 0 aromatic carbocycles. The maximum atomic E-state index is 6.16. The van der Waals surface area contributed by atoms with Gasteiger partial charge in [0.25, 0.3) is 0 Å². The number of methoxy groups -OCH3 is 1. The van der Waals surface area contributed by atoms with E-state index in [-0.39, 0.29) is 5.54 Å². The van der Waals surface area contributed by atoms with Crippen molar-refractivity contribution in [3.05, 3.63) is 0 Å². The van der Waals surface area contributed by atoms with Gasteiger partial charge in [0.05, 0.1) is 6.61 Å². The number of rotatable bonds is 7. The first-order chi connectivity index (χ1) is 8.63. The summed E-state index contributed by atoms with van der Waals surface area (Å²) in [6.07, 6.45) is 3.89. The Bertz CT molecular complexity index is 268. The molecular formula is C14H29N3O. The maximum Gasteiger partial charge on any atom is 0.0590 e. The van der Waals surface area contributed by atoms with Gasteiger partial charge in [-0.1, -0.05) is 0 Å². The van der Waals surface area contributed by atoms with E-state index in [1.807, 2.05) is 0 Å². The van der Waals surface area contributed by atoms with Crippen molar-refractivity contribution in [1.29, 1.82) is 0 Å². The van der Waals surface area contributed by atoms with E-state index in [0.29, 0.717) is 6.04 Å². The third kappa shape index (κ3) is 2.87. The molecule has 4 heteroatoms. The zero-order valence-electron chi connectivity index (χ0n) is 12.2. The minimum absolute atomic E-state index is 0.198. The van der Waals surface area contributed by atoms with Crippen LogP contribution in [0.2, 0.25) is 0 Å². The molecule has 0 spiro atoms. The summed E-state index contributed by atoms with van der Waals surface area (Å²) < 4.78 is 5.28. The molecule has 18 heavy (non-hydrogen) atoms. The van der Waals surface area contributed by atoms with E-state index in [1.165, 1.54) is 25.8 Å². The highest BCUT2D eigenvalue weighted by molar-refractivity contribution is 5.05. The third-order valence-corrected chi connectivity index (χ3v) is 4.61. The molecule has 1 unspecified atom stereocenters. The molecule has 1 saturated heterocycles.